The van der Waals surface area contributed by atoms with Crippen LogP contribution in [0.25, 0.3) is 0 Å². The highest BCUT2D eigenvalue weighted by molar-refractivity contribution is 5.82. The maximum atomic E-state index is 12.3. The Bertz CT molecular complexity index is 626. The van der Waals surface area contributed by atoms with Crippen molar-refractivity contribution in [2.45, 2.75) is 20.0 Å². The molecule has 0 spiro atoms. The van der Waals surface area contributed by atoms with E-state index < -0.39 is 18.0 Å². The van der Waals surface area contributed by atoms with Crippen molar-refractivity contribution >= 4 is 11.9 Å². The predicted molar refractivity (Wildman–Crippen MR) is 80.0 cm³/mol. The molecule has 1 aromatic heterocycles. The van der Waals surface area contributed by atoms with Crippen molar-refractivity contribution in [3.63, 3.8) is 0 Å². The number of hydrogen-bond acceptors (Lipinski definition) is 5. The Balaban J connectivity index is 2.20. The molecule has 0 N–H and O–H groups in total. The number of aromatic nitrogens is 1. The van der Waals surface area contributed by atoms with Gasteiger partial charge in [0.1, 0.15) is 5.75 Å². The Morgan fingerprint density at radius 3 is 2.32 bits per heavy atom. The summed E-state index contributed by atoms with van der Waals surface area (Å²) in [6, 6.07) is 12.0. The molecular weight excluding hydrogens is 282 g/mol. The van der Waals surface area contributed by atoms with E-state index in [0.29, 0.717) is 11.3 Å². The van der Waals surface area contributed by atoms with Gasteiger partial charge in [0.2, 0.25) is 6.10 Å². The van der Waals surface area contributed by atoms with Gasteiger partial charge < -0.3 is 9.47 Å². The first-order valence-electron chi connectivity index (χ1n) is 6.95. The minimum absolute atomic E-state index is 0.344. The normalized spacial score (nSPS) is 11.8. The number of benzene rings is 1. The van der Waals surface area contributed by atoms with Gasteiger partial charge in [-0.1, -0.05) is 38.1 Å². The molecule has 0 amide bonds. The van der Waals surface area contributed by atoms with E-state index in [9.17, 15) is 9.59 Å². The lowest BCUT2D eigenvalue weighted by Gasteiger charge is -2.18. The molecule has 1 unspecified atom stereocenters. The zero-order chi connectivity index (χ0) is 15.9. The second kappa shape index (κ2) is 7.36. The first kappa shape index (κ1) is 15.7. The Morgan fingerprint density at radius 2 is 1.73 bits per heavy atom. The molecule has 0 saturated carbocycles. The van der Waals surface area contributed by atoms with E-state index >= 15 is 0 Å². The number of pyridine rings is 1. The third-order valence-corrected chi connectivity index (χ3v) is 2.87. The maximum Gasteiger partial charge on any atom is 0.357 e. The van der Waals surface area contributed by atoms with E-state index in [-0.39, 0.29) is 5.92 Å². The van der Waals surface area contributed by atoms with Crippen molar-refractivity contribution in [1.29, 1.82) is 0 Å². The second-order valence-corrected chi connectivity index (χ2v) is 4.99. The summed E-state index contributed by atoms with van der Waals surface area (Å²) >= 11 is 0. The Hall–Kier alpha value is -2.69. The number of para-hydroxylation sites is 1. The fourth-order valence-electron chi connectivity index (χ4n) is 1.69. The van der Waals surface area contributed by atoms with E-state index in [4.69, 9.17) is 9.47 Å². The largest absolute Gasteiger partial charge is 0.445 e. The summed E-state index contributed by atoms with van der Waals surface area (Å²) in [5.41, 5.74) is 0.470. The van der Waals surface area contributed by atoms with Crippen LogP contribution in [0.1, 0.15) is 25.5 Å². The van der Waals surface area contributed by atoms with Crippen LogP contribution in [-0.4, -0.2) is 16.9 Å². The first-order valence-corrected chi connectivity index (χ1v) is 6.95. The van der Waals surface area contributed by atoms with Crippen LogP contribution in [-0.2, 0) is 14.3 Å². The maximum absolute atomic E-state index is 12.3. The topological polar surface area (TPSA) is 65.5 Å². The molecule has 2 rings (SSSR count). The lowest BCUT2D eigenvalue weighted by atomic mass is 10.1. The van der Waals surface area contributed by atoms with Gasteiger partial charge in [-0.3, -0.25) is 9.78 Å². The number of nitrogens with zero attached hydrogens (tertiary/aromatic N) is 1. The van der Waals surface area contributed by atoms with E-state index in [2.05, 4.69) is 4.98 Å². The number of carbonyl (C=O) groups is 2. The molecule has 22 heavy (non-hydrogen) atoms. The molecule has 5 heteroatoms. The number of ether oxygens (including phenoxy) is 2. The smallest absolute Gasteiger partial charge is 0.357 e. The van der Waals surface area contributed by atoms with E-state index in [0.717, 1.165) is 0 Å². The van der Waals surface area contributed by atoms with Crippen molar-refractivity contribution in [3.8, 4) is 5.75 Å². The first-order chi connectivity index (χ1) is 10.6. The zero-order valence-electron chi connectivity index (χ0n) is 12.4. The van der Waals surface area contributed by atoms with Crippen LogP contribution in [0.15, 0.2) is 54.9 Å². The molecular formula is C17H17NO4. The summed E-state index contributed by atoms with van der Waals surface area (Å²) in [4.78, 5) is 28.1. The monoisotopic (exact) mass is 299 g/mol. The lowest BCUT2D eigenvalue weighted by Crippen LogP contribution is -2.26. The minimum atomic E-state index is -1.14. The van der Waals surface area contributed by atoms with Crippen LogP contribution in [0, 0.1) is 5.92 Å². The molecule has 0 bridgehead atoms. The van der Waals surface area contributed by atoms with Gasteiger partial charge in [-0.25, -0.2) is 4.79 Å². The molecule has 114 valence electrons. The number of hydrogen-bond donors (Lipinski definition) is 0. The molecule has 0 aliphatic carbocycles. The number of esters is 2. The van der Waals surface area contributed by atoms with Crippen molar-refractivity contribution in [3.05, 3.63) is 60.4 Å². The molecule has 5 nitrogen and oxygen atoms in total. The van der Waals surface area contributed by atoms with Gasteiger partial charge in [-0.15, -0.1) is 0 Å². The molecule has 0 saturated heterocycles. The Labute approximate surface area is 128 Å². The van der Waals surface area contributed by atoms with Crippen LogP contribution in [0.2, 0.25) is 0 Å². The summed E-state index contributed by atoms with van der Waals surface area (Å²) in [6.07, 6.45) is 1.92. The standard InChI is InChI=1S/C17H17NO4/c1-12(2)16(19)22-15(13-7-6-10-18-11-13)17(20)21-14-8-4-3-5-9-14/h3-12,15H,1-2H3. The minimum Gasteiger partial charge on any atom is -0.445 e. The molecule has 1 atom stereocenters. The highest BCUT2D eigenvalue weighted by atomic mass is 16.6. The second-order valence-electron chi connectivity index (χ2n) is 4.99. The van der Waals surface area contributed by atoms with Crippen molar-refractivity contribution in [2.75, 3.05) is 0 Å². The summed E-state index contributed by atoms with van der Waals surface area (Å²) in [5.74, 6) is -1.09. The zero-order valence-corrected chi connectivity index (χ0v) is 12.4. The molecule has 1 heterocycles. The highest BCUT2D eigenvalue weighted by Gasteiger charge is 2.28. The van der Waals surface area contributed by atoms with E-state index in [1.807, 2.05) is 6.07 Å². The van der Waals surface area contributed by atoms with Gasteiger partial charge in [0.25, 0.3) is 0 Å². The molecule has 0 aliphatic heterocycles. The highest BCUT2D eigenvalue weighted by Crippen LogP contribution is 2.21. The van der Waals surface area contributed by atoms with Gasteiger partial charge in [-0.05, 0) is 18.2 Å². The predicted octanol–water partition coefficient (Wildman–Crippen LogP) is 2.93. The Kier molecular flexibility index (Phi) is 5.25. The molecule has 2 aromatic rings. The van der Waals surface area contributed by atoms with Crippen LogP contribution >= 0.6 is 0 Å². The van der Waals surface area contributed by atoms with Gasteiger partial charge in [-0.2, -0.15) is 0 Å². The quantitative estimate of drug-likeness (QED) is 0.627. The van der Waals surface area contributed by atoms with Gasteiger partial charge in [0.05, 0.1) is 5.92 Å². The molecule has 0 aliphatic rings. The third kappa shape index (κ3) is 4.15. The summed E-state index contributed by atoms with van der Waals surface area (Å²) in [5, 5.41) is 0. The van der Waals surface area contributed by atoms with Crippen molar-refractivity contribution < 1.29 is 19.1 Å². The van der Waals surface area contributed by atoms with Crippen LogP contribution in [0.4, 0.5) is 0 Å². The van der Waals surface area contributed by atoms with Gasteiger partial charge >= 0.3 is 11.9 Å². The third-order valence-electron chi connectivity index (χ3n) is 2.87. The molecule has 1 aromatic carbocycles. The average Bonchev–Trinajstić information content (AvgIpc) is 2.54. The average molecular weight is 299 g/mol. The number of carbonyl (C=O) groups excluding carboxylic acids is 2. The fraction of sp³-hybridized carbons (Fsp3) is 0.235. The summed E-state index contributed by atoms with van der Waals surface area (Å²) in [6.45, 7) is 3.40. The summed E-state index contributed by atoms with van der Waals surface area (Å²) < 4.78 is 10.5. The number of rotatable bonds is 5. The van der Waals surface area contributed by atoms with Crippen LogP contribution in [0.3, 0.4) is 0 Å². The summed E-state index contributed by atoms with van der Waals surface area (Å²) in [7, 11) is 0. The van der Waals surface area contributed by atoms with Crippen molar-refractivity contribution in [2.24, 2.45) is 5.92 Å². The molecule has 0 radical (unpaired) electrons. The lowest BCUT2D eigenvalue weighted by molar-refractivity contribution is -0.165. The Morgan fingerprint density at radius 1 is 1.00 bits per heavy atom. The molecule has 0 fully saturated rings. The van der Waals surface area contributed by atoms with E-state index in [1.165, 1.54) is 6.20 Å². The van der Waals surface area contributed by atoms with Crippen LogP contribution < -0.4 is 4.74 Å². The van der Waals surface area contributed by atoms with Crippen LogP contribution in [0.5, 0.6) is 5.75 Å². The SMILES string of the molecule is CC(C)C(=O)OC(C(=O)Oc1ccccc1)c1cccnc1. The van der Waals surface area contributed by atoms with Gasteiger partial charge in [0.15, 0.2) is 0 Å². The van der Waals surface area contributed by atoms with Gasteiger partial charge in [0, 0.05) is 18.0 Å². The van der Waals surface area contributed by atoms with E-state index in [1.54, 1.807) is 56.4 Å². The fourth-order valence-corrected chi connectivity index (χ4v) is 1.69. The van der Waals surface area contributed by atoms with Crippen molar-refractivity contribution in [1.82, 2.24) is 4.98 Å².